The van der Waals surface area contributed by atoms with Crippen LogP contribution in [0.5, 0.6) is 5.75 Å². The number of benzene rings is 2. The van der Waals surface area contributed by atoms with Gasteiger partial charge in [0.05, 0.1) is 12.3 Å². The maximum absolute atomic E-state index is 15.0. The van der Waals surface area contributed by atoms with Crippen molar-refractivity contribution in [3.05, 3.63) is 84.5 Å². The highest BCUT2D eigenvalue weighted by molar-refractivity contribution is 6.76. The highest BCUT2D eigenvalue weighted by atomic mass is 28.4. The first-order valence-corrected chi connectivity index (χ1v) is 21.6. The SMILES string of the molecule is C=CCOC(=O)/C=C/[C@H](C)[C@@H](OC(=O)Nc1ccc(F)cc1F)c1ccc(OCCO[Si](CCC(F)(F)C(F)(F)C(F)(F)C(F)(F)C(F)(F)C(F)(F)C(F)(F)C(F)(F)F)(C(C)C)C(C)C)cc1. The summed E-state index contributed by atoms with van der Waals surface area (Å²) in [5.41, 5.74) is -2.10. The number of amides is 1. The number of halogens is 19. The predicted octanol–water partition coefficient (Wildman–Crippen LogP) is 13.7. The van der Waals surface area contributed by atoms with Crippen LogP contribution in [0.3, 0.4) is 0 Å². The molecule has 0 fully saturated rings. The van der Waals surface area contributed by atoms with Crippen molar-refractivity contribution >= 4 is 26.1 Å². The van der Waals surface area contributed by atoms with Crippen molar-refractivity contribution in [3.8, 4) is 5.75 Å². The van der Waals surface area contributed by atoms with Crippen molar-refractivity contribution in [2.75, 3.05) is 25.1 Å². The van der Waals surface area contributed by atoms with Gasteiger partial charge in [-0.15, -0.1) is 0 Å². The molecule has 0 aliphatic heterocycles. The maximum atomic E-state index is 15.0. The molecule has 2 aromatic rings. The lowest BCUT2D eigenvalue weighted by Crippen LogP contribution is -2.74. The average molecular weight is 1020 g/mol. The molecule has 2 rings (SSSR count). The van der Waals surface area contributed by atoms with Crippen molar-refractivity contribution in [2.45, 2.75) is 112 Å². The van der Waals surface area contributed by atoms with Gasteiger partial charge >= 0.3 is 59.7 Å². The summed E-state index contributed by atoms with van der Waals surface area (Å²) < 4.78 is 285. The van der Waals surface area contributed by atoms with Crippen molar-refractivity contribution in [1.29, 1.82) is 0 Å². The second-order valence-electron chi connectivity index (χ2n) is 15.4. The lowest BCUT2D eigenvalue weighted by Gasteiger charge is -2.44. The molecule has 2 atom stereocenters. The van der Waals surface area contributed by atoms with Gasteiger partial charge < -0.3 is 18.6 Å². The Labute approximate surface area is 370 Å². The Morgan fingerprint density at radius 2 is 1.21 bits per heavy atom. The van der Waals surface area contributed by atoms with Gasteiger partial charge in [-0.1, -0.05) is 65.5 Å². The van der Waals surface area contributed by atoms with E-state index in [2.05, 4.69) is 11.9 Å². The summed E-state index contributed by atoms with van der Waals surface area (Å²) in [7, 11) is -4.06. The number of alkyl halides is 17. The number of hydrogen-bond donors (Lipinski definition) is 1. The number of ether oxygens (including phenoxy) is 3. The average Bonchev–Trinajstić information content (AvgIpc) is 3.21. The van der Waals surface area contributed by atoms with Crippen LogP contribution in [0.2, 0.25) is 17.1 Å². The molecule has 0 spiro atoms. The number of anilines is 1. The van der Waals surface area contributed by atoms with Crippen LogP contribution in [0.1, 0.15) is 52.7 Å². The molecule has 1 N–H and O–H groups in total. The Kier molecular flexibility index (Phi) is 18.6. The highest BCUT2D eigenvalue weighted by Gasteiger charge is 2.95. The minimum absolute atomic E-state index is 0.0196. The third-order valence-electron chi connectivity index (χ3n) is 10.3. The van der Waals surface area contributed by atoms with E-state index in [1.54, 1.807) is 0 Å². The normalized spacial score (nSPS) is 14.9. The van der Waals surface area contributed by atoms with E-state index in [4.69, 9.17) is 18.6 Å². The molecule has 7 nitrogen and oxygen atoms in total. The van der Waals surface area contributed by atoms with Crippen molar-refractivity contribution in [3.63, 3.8) is 0 Å². The zero-order valence-corrected chi connectivity index (χ0v) is 36.5. The number of hydrogen-bond acceptors (Lipinski definition) is 6. The third-order valence-corrected chi connectivity index (χ3v) is 15.9. The standard InChI is InChI=1S/C40H42F19NO6Si/c1-7-17-64-30(61)15-8-24(6)31(66-32(62)60-29-14-11-26(41)21-28(29)42)25-9-12-27(13-10-25)63-18-19-65-67(22(2)3,23(4)5)20-16-33(43,44)34(45,46)35(47,48)36(49,50)37(51,52)38(53,54)39(55,56)40(57,58)59/h7-15,21-24,31H,1,16-20H2,2-6H3,(H,60,62)/b15-8+/t24-,31+/m0/s1. The first-order chi connectivity index (χ1) is 30.3. The lowest BCUT2D eigenvalue weighted by molar-refractivity contribution is -0.461. The van der Waals surface area contributed by atoms with Crippen LogP contribution in [0.4, 0.5) is 93.9 Å². The number of esters is 1. The molecule has 2 aromatic carbocycles. The fourth-order valence-electron chi connectivity index (χ4n) is 6.35. The first kappa shape index (κ1) is 58.4. The largest absolute Gasteiger partial charge is 0.491 e. The molecular formula is C40H42F19NO6Si. The summed E-state index contributed by atoms with van der Waals surface area (Å²) in [5.74, 6) is -60.7. The van der Waals surface area contributed by atoms with Crippen LogP contribution >= 0.6 is 0 Å². The van der Waals surface area contributed by atoms with E-state index in [0.29, 0.717) is 6.07 Å². The van der Waals surface area contributed by atoms with Crippen LogP contribution in [-0.4, -0.2) is 87.8 Å². The summed E-state index contributed by atoms with van der Waals surface area (Å²) >= 11 is 0. The molecule has 1 amide bonds. The molecule has 0 saturated heterocycles. The Bertz CT molecular complexity index is 2020. The van der Waals surface area contributed by atoms with Crippen LogP contribution in [0.15, 0.2) is 67.3 Å². The molecule has 0 saturated carbocycles. The van der Waals surface area contributed by atoms with Gasteiger partial charge in [0.2, 0.25) is 0 Å². The summed E-state index contributed by atoms with van der Waals surface area (Å²) in [4.78, 5) is 24.8. The van der Waals surface area contributed by atoms with E-state index in [1.165, 1.54) is 71.0 Å². The number of carbonyl (C=O) groups is 2. The molecular weight excluding hydrogens is 979 g/mol. The van der Waals surface area contributed by atoms with Gasteiger partial charge in [0.1, 0.15) is 36.7 Å². The van der Waals surface area contributed by atoms with Gasteiger partial charge in [0.25, 0.3) is 0 Å². The Morgan fingerprint density at radius 3 is 1.69 bits per heavy atom. The smallest absolute Gasteiger partial charge is 0.460 e. The molecule has 0 aliphatic rings. The molecule has 0 unspecified atom stereocenters. The maximum Gasteiger partial charge on any atom is 0.460 e. The molecule has 0 aliphatic carbocycles. The summed E-state index contributed by atoms with van der Waals surface area (Å²) in [6.07, 6.45) is -9.32. The second kappa shape index (κ2) is 21.3. The quantitative estimate of drug-likeness (QED) is 0.0282. The minimum atomic E-state index is -8.72. The topological polar surface area (TPSA) is 83.1 Å². The van der Waals surface area contributed by atoms with Gasteiger partial charge in [0, 0.05) is 24.5 Å². The van der Waals surface area contributed by atoms with Crippen LogP contribution in [-0.2, 0) is 18.7 Å². The van der Waals surface area contributed by atoms with E-state index >= 15 is 0 Å². The van der Waals surface area contributed by atoms with Crippen LogP contribution in [0.25, 0.3) is 0 Å². The molecule has 0 heterocycles. The van der Waals surface area contributed by atoms with E-state index in [9.17, 15) is 93.0 Å². The van der Waals surface area contributed by atoms with Gasteiger partial charge in [-0.2, -0.15) is 74.6 Å². The highest BCUT2D eigenvalue weighted by Crippen LogP contribution is 2.64. The van der Waals surface area contributed by atoms with Crippen molar-refractivity contribution in [1.82, 2.24) is 0 Å². The minimum Gasteiger partial charge on any atom is -0.491 e. The molecule has 67 heavy (non-hydrogen) atoms. The summed E-state index contributed by atoms with van der Waals surface area (Å²) in [5, 5.41) is 2.10. The Hall–Kier alpha value is -4.69. The number of carbonyl (C=O) groups excluding carboxylic acids is 2. The molecule has 0 aromatic heterocycles. The summed E-state index contributed by atoms with van der Waals surface area (Å²) in [6.45, 7) is 8.80. The van der Waals surface area contributed by atoms with Gasteiger partial charge in [-0.25, -0.2) is 18.4 Å². The van der Waals surface area contributed by atoms with E-state index in [-0.39, 0.29) is 17.9 Å². The van der Waals surface area contributed by atoms with Crippen molar-refractivity contribution in [2.24, 2.45) is 5.92 Å². The monoisotopic (exact) mass is 1020 g/mol. The molecule has 0 radical (unpaired) electrons. The lowest BCUT2D eigenvalue weighted by atomic mass is 9.88. The fraction of sp³-hybridized carbons (Fsp3) is 0.550. The zero-order valence-electron chi connectivity index (χ0n) is 35.5. The van der Waals surface area contributed by atoms with E-state index in [1.807, 2.05) is 0 Å². The van der Waals surface area contributed by atoms with E-state index in [0.717, 1.165) is 18.2 Å². The van der Waals surface area contributed by atoms with Crippen LogP contribution in [0, 0.1) is 17.6 Å². The summed E-state index contributed by atoms with van der Waals surface area (Å²) in [6, 6.07) is 6.14. The molecule has 0 bridgehead atoms. The molecule has 380 valence electrons. The van der Waals surface area contributed by atoms with Gasteiger partial charge in [0.15, 0.2) is 8.32 Å². The third kappa shape index (κ3) is 12.1. The Morgan fingerprint density at radius 1 is 0.701 bits per heavy atom. The number of nitrogens with one attached hydrogen (secondary N) is 1. The predicted molar refractivity (Wildman–Crippen MR) is 203 cm³/mol. The number of rotatable bonds is 24. The molecule has 27 heteroatoms. The second-order valence-corrected chi connectivity index (χ2v) is 20.4. The van der Waals surface area contributed by atoms with Crippen LogP contribution < -0.4 is 10.1 Å². The first-order valence-electron chi connectivity index (χ1n) is 19.3. The van der Waals surface area contributed by atoms with E-state index < -0.39 is 134 Å². The fourth-order valence-corrected chi connectivity index (χ4v) is 10.8. The van der Waals surface area contributed by atoms with Gasteiger partial charge in [-0.3, -0.25) is 5.32 Å². The van der Waals surface area contributed by atoms with Crippen molar-refractivity contribution < 1.29 is 112 Å². The zero-order chi connectivity index (χ0) is 52.0. The Balaban J connectivity index is 2.32. The van der Waals surface area contributed by atoms with Gasteiger partial charge in [-0.05, 0) is 47.0 Å².